The third kappa shape index (κ3) is 5.16. The molecule has 0 aliphatic carbocycles. The van der Waals surface area contributed by atoms with Crippen molar-refractivity contribution >= 4 is 26.9 Å². The summed E-state index contributed by atoms with van der Waals surface area (Å²) in [6.45, 7) is 4.03. The van der Waals surface area contributed by atoms with E-state index in [1.165, 1.54) is 12.1 Å². The average Bonchev–Trinajstić information content (AvgIpc) is 2.28. The molecule has 0 spiro atoms. The summed E-state index contributed by atoms with van der Waals surface area (Å²) in [5.74, 6) is -0.539. The van der Waals surface area contributed by atoms with Gasteiger partial charge in [0.05, 0.1) is 11.5 Å². The van der Waals surface area contributed by atoms with Gasteiger partial charge in [0.25, 0.3) is 0 Å². The zero-order valence-electron chi connectivity index (χ0n) is 9.17. The Bertz CT molecular complexity index is 350. The molecule has 0 aliphatic heterocycles. The van der Waals surface area contributed by atoms with E-state index < -0.39 is 16.8 Å². The first-order valence-corrected chi connectivity index (χ1v) is 6.80. The standard InChI is InChI=1S/C8H9BrFNO2S.C2H6/c9-6-1-2-8(7(10)5-6)14(13)11-3-4-12;1-2/h1-2,5,11-12H,3-4H2;1-2H3. The van der Waals surface area contributed by atoms with Gasteiger partial charge >= 0.3 is 0 Å². The van der Waals surface area contributed by atoms with Gasteiger partial charge in [0, 0.05) is 11.0 Å². The Balaban J connectivity index is 0.00000106. The van der Waals surface area contributed by atoms with Gasteiger partial charge in [0.2, 0.25) is 0 Å². The molecule has 1 unspecified atom stereocenters. The maximum absolute atomic E-state index is 13.2. The molecule has 16 heavy (non-hydrogen) atoms. The molecule has 1 aromatic carbocycles. The molecule has 0 aliphatic rings. The number of rotatable bonds is 4. The Morgan fingerprint density at radius 2 is 2.12 bits per heavy atom. The number of aliphatic hydroxyl groups is 1. The lowest BCUT2D eigenvalue weighted by atomic mass is 10.3. The van der Waals surface area contributed by atoms with Gasteiger partial charge in [0.15, 0.2) is 0 Å². The number of nitrogens with one attached hydrogen (secondary N) is 1. The van der Waals surface area contributed by atoms with Crippen molar-refractivity contribution in [1.82, 2.24) is 4.72 Å². The maximum atomic E-state index is 13.2. The predicted molar refractivity (Wildman–Crippen MR) is 66.9 cm³/mol. The molecule has 1 rings (SSSR count). The summed E-state index contributed by atoms with van der Waals surface area (Å²) < 4.78 is 27.6. The molecule has 1 aromatic rings. The third-order valence-corrected chi connectivity index (χ3v) is 3.13. The van der Waals surface area contributed by atoms with Crippen molar-refractivity contribution in [2.75, 3.05) is 13.2 Å². The third-order valence-electron chi connectivity index (χ3n) is 1.44. The van der Waals surface area contributed by atoms with Crippen molar-refractivity contribution in [3.63, 3.8) is 0 Å². The highest BCUT2D eigenvalue weighted by atomic mass is 79.9. The van der Waals surface area contributed by atoms with Gasteiger partial charge < -0.3 is 5.11 Å². The number of hydrogen-bond donors (Lipinski definition) is 2. The molecule has 0 aromatic heterocycles. The van der Waals surface area contributed by atoms with E-state index in [4.69, 9.17) is 5.11 Å². The molecule has 0 fully saturated rings. The molecule has 0 saturated carbocycles. The van der Waals surface area contributed by atoms with Gasteiger partial charge in [-0.05, 0) is 18.2 Å². The first kappa shape index (κ1) is 15.7. The van der Waals surface area contributed by atoms with Crippen molar-refractivity contribution < 1.29 is 13.7 Å². The lowest BCUT2D eigenvalue weighted by Crippen LogP contribution is -2.21. The normalized spacial score (nSPS) is 11.6. The van der Waals surface area contributed by atoms with Crippen molar-refractivity contribution in [2.24, 2.45) is 0 Å². The van der Waals surface area contributed by atoms with Gasteiger partial charge in [-0.1, -0.05) is 29.8 Å². The van der Waals surface area contributed by atoms with Gasteiger partial charge in [-0.25, -0.2) is 13.3 Å². The second kappa shape index (κ2) is 8.81. The van der Waals surface area contributed by atoms with Crippen LogP contribution in [0.5, 0.6) is 0 Å². The molecule has 2 N–H and O–H groups in total. The van der Waals surface area contributed by atoms with Crippen LogP contribution in [0.25, 0.3) is 0 Å². The number of hydrogen-bond acceptors (Lipinski definition) is 2. The van der Waals surface area contributed by atoms with E-state index in [9.17, 15) is 8.60 Å². The maximum Gasteiger partial charge on any atom is 0.141 e. The molecule has 0 radical (unpaired) electrons. The van der Waals surface area contributed by atoms with Gasteiger partial charge in [-0.3, -0.25) is 0 Å². The Kier molecular flexibility index (Phi) is 8.64. The van der Waals surface area contributed by atoms with Crippen LogP contribution in [0.3, 0.4) is 0 Å². The second-order valence-electron chi connectivity index (χ2n) is 2.46. The molecule has 1 atom stereocenters. The monoisotopic (exact) mass is 311 g/mol. The van der Waals surface area contributed by atoms with Gasteiger partial charge in [-0.2, -0.15) is 0 Å². The van der Waals surface area contributed by atoms with Crippen molar-refractivity contribution in [3.05, 3.63) is 28.5 Å². The fraction of sp³-hybridized carbons (Fsp3) is 0.400. The molecule has 3 nitrogen and oxygen atoms in total. The lowest BCUT2D eigenvalue weighted by Gasteiger charge is -2.04. The summed E-state index contributed by atoms with van der Waals surface area (Å²) in [4.78, 5) is 0.0849. The van der Waals surface area contributed by atoms with Crippen LogP contribution in [0.4, 0.5) is 4.39 Å². The Morgan fingerprint density at radius 3 is 2.62 bits per heavy atom. The van der Waals surface area contributed by atoms with E-state index in [0.29, 0.717) is 4.47 Å². The molecule has 6 heteroatoms. The summed E-state index contributed by atoms with van der Waals surface area (Å²) in [6.07, 6.45) is 0. The Hall–Kier alpha value is -0.300. The Labute approximate surface area is 106 Å². The zero-order valence-corrected chi connectivity index (χ0v) is 11.6. The van der Waals surface area contributed by atoms with Crippen LogP contribution in [0.1, 0.15) is 13.8 Å². The van der Waals surface area contributed by atoms with E-state index in [0.717, 1.165) is 0 Å². The van der Waals surface area contributed by atoms with Crippen molar-refractivity contribution in [1.29, 1.82) is 0 Å². The minimum Gasteiger partial charge on any atom is -0.395 e. The van der Waals surface area contributed by atoms with Crippen LogP contribution in [-0.4, -0.2) is 22.5 Å². The molecule has 92 valence electrons. The number of benzene rings is 1. The van der Waals surface area contributed by atoms with E-state index in [2.05, 4.69) is 20.7 Å². The lowest BCUT2D eigenvalue weighted by molar-refractivity contribution is 0.302. The smallest absolute Gasteiger partial charge is 0.141 e. The van der Waals surface area contributed by atoms with E-state index >= 15 is 0 Å². The largest absolute Gasteiger partial charge is 0.395 e. The quantitative estimate of drug-likeness (QED) is 0.896. The zero-order chi connectivity index (χ0) is 12.6. The highest BCUT2D eigenvalue weighted by molar-refractivity contribution is 9.10. The Morgan fingerprint density at radius 1 is 1.50 bits per heavy atom. The molecular weight excluding hydrogens is 297 g/mol. The SMILES string of the molecule is CC.O=S(NCCO)c1ccc(Br)cc1F. The minimum atomic E-state index is -1.61. The van der Waals surface area contributed by atoms with Crippen LogP contribution < -0.4 is 4.72 Å². The highest BCUT2D eigenvalue weighted by Crippen LogP contribution is 2.17. The summed E-state index contributed by atoms with van der Waals surface area (Å²) >= 11 is 3.10. The molecule has 0 heterocycles. The van der Waals surface area contributed by atoms with Crippen LogP contribution in [-0.2, 0) is 11.0 Å². The highest BCUT2D eigenvalue weighted by Gasteiger charge is 2.09. The predicted octanol–water partition coefficient (Wildman–Crippen LogP) is 2.22. The van der Waals surface area contributed by atoms with E-state index in [-0.39, 0.29) is 18.0 Å². The fourth-order valence-corrected chi connectivity index (χ4v) is 2.03. The molecular formula is C10H15BrFNO2S. The summed E-state index contributed by atoms with van der Waals surface area (Å²) in [5, 5.41) is 8.48. The molecule has 0 saturated heterocycles. The summed E-state index contributed by atoms with van der Waals surface area (Å²) in [5.41, 5.74) is 0. The van der Waals surface area contributed by atoms with Crippen LogP contribution in [0.2, 0.25) is 0 Å². The fourth-order valence-electron chi connectivity index (χ4n) is 0.842. The van der Waals surface area contributed by atoms with Crippen LogP contribution in [0.15, 0.2) is 27.6 Å². The van der Waals surface area contributed by atoms with Crippen LogP contribution >= 0.6 is 15.9 Å². The summed E-state index contributed by atoms with van der Waals surface area (Å²) in [7, 11) is -1.61. The number of aliphatic hydroxyl groups excluding tert-OH is 1. The van der Waals surface area contributed by atoms with Crippen molar-refractivity contribution in [3.8, 4) is 0 Å². The topological polar surface area (TPSA) is 49.3 Å². The van der Waals surface area contributed by atoms with E-state index in [1.54, 1.807) is 6.07 Å². The minimum absolute atomic E-state index is 0.0849. The molecule has 0 bridgehead atoms. The summed E-state index contributed by atoms with van der Waals surface area (Å²) in [6, 6.07) is 4.28. The van der Waals surface area contributed by atoms with Crippen LogP contribution in [0, 0.1) is 5.82 Å². The van der Waals surface area contributed by atoms with Gasteiger partial charge in [0.1, 0.15) is 16.8 Å². The number of halogens is 2. The first-order chi connectivity index (χ1) is 7.65. The first-order valence-electron chi connectivity index (χ1n) is 4.86. The average molecular weight is 312 g/mol. The second-order valence-corrected chi connectivity index (χ2v) is 4.64. The molecule has 0 amide bonds. The van der Waals surface area contributed by atoms with Gasteiger partial charge in [-0.15, -0.1) is 0 Å². The van der Waals surface area contributed by atoms with Crippen molar-refractivity contribution in [2.45, 2.75) is 18.7 Å². The van der Waals surface area contributed by atoms with E-state index in [1.807, 2.05) is 13.8 Å².